The van der Waals surface area contributed by atoms with Crippen LogP contribution in [0.5, 0.6) is 5.75 Å². The molecular formula is C33H31ClN2O3. The van der Waals surface area contributed by atoms with Gasteiger partial charge in [0.15, 0.2) is 0 Å². The number of ether oxygens (including phenoxy) is 1. The quantitative estimate of drug-likeness (QED) is 0.199. The Labute approximate surface area is 233 Å². The molecule has 1 aromatic heterocycles. The van der Waals surface area contributed by atoms with Crippen LogP contribution in [0.15, 0.2) is 97.1 Å². The summed E-state index contributed by atoms with van der Waals surface area (Å²) in [5.74, 6) is -0.298. The van der Waals surface area contributed by atoms with E-state index >= 15 is 0 Å². The van der Waals surface area contributed by atoms with E-state index < -0.39 is 5.97 Å². The molecule has 1 heterocycles. The molecule has 0 amide bonds. The molecule has 198 valence electrons. The highest BCUT2D eigenvalue weighted by atomic mass is 35.5. The number of benzene rings is 4. The Morgan fingerprint density at radius 2 is 1.59 bits per heavy atom. The lowest BCUT2D eigenvalue weighted by molar-refractivity contribution is 0.0696. The zero-order valence-electron chi connectivity index (χ0n) is 21.8. The average molecular weight is 539 g/mol. The van der Waals surface area contributed by atoms with Crippen LogP contribution in [-0.2, 0) is 12.8 Å². The lowest BCUT2D eigenvalue weighted by atomic mass is 9.97. The predicted octanol–water partition coefficient (Wildman–Crippen LogP) is 7.06. The Morgan fingerprint density at radius 1 is 0.923 bits per heavy atom. The number of hydrogen-bond acceptors (Lipinski definition) is 3. The van der Waals surface area contributed by atoms with Crippen LogP contribution in [0.4, 0.5) is 0 Å². The van der Waals surface area contributed by atoms with Gasteiger partial charge in [-0.1, -0.05) is 72.3 Å². The Kier molecular flexibility index (Phi) is 8.01. The highest BCUT2D eigenvalue weighted by Gasteiger charge is 2.25. The van der Waals surface area contributed by atoms with E-state index in [0.29, 0.717) is 42.3 Å². The first-order valence-corrected chi connectivity index (χ1v) is 13.4. The highest BCUT2D eigenvalue weighted by Crippen LogP contribution is 2.37. The van der Waals surface area contributed by atoms with E-state index in [1.807, 2.05) is 24.3 Å². The molecule has 6 heteroatoms. The summed E-state index contributed by atoms with van der Waals surface area (Å²) in [6.45, 7) is 2.71. The van der Waals surface area contributed by atoms with Crippen molar-refractivity contribution in [1.29, 1.82) is 0 Å². The number of fused-ring (bicyclic) bond motifs is 1. The highest BCUT2D eigenvalue weighted by molar-refractivity contribution is 6.31. The SMILES string of the molecule is Cc1cc(OCCc2c(CCN)n(C(c3ccccc3)c3ccccc3)c3ccc(Cl)cc23)ccc1C(=O)O. The summed E-state index contributed by atoms with van der Waals surface area (Å²) in [5, 5.41) is 11.1. The van der Waals surface area contributed by atoms with Crippen molar-refractivity contribution < 1.29 is 14.6 Å². The summed E-state index contributed by atoms with van der Waals surface area (Å²) in [5.41, 5.74) is 12.9. The molecule has 0 saturated carbocycles. The van der Waals surface area contributed by atoms with E-state index in [0.717, 1.165) is 22.2 Å². The van der Waals surface area contributed by atoms with Crippen molar-refractivity contribution in [2.75, 3.05) is 13.2 Å². The third-order valence-corrected chi connectivity index (χ3v) is 7.34. The van der Waals surface area contributed by atoms with Gasteiger partial charge in [-0.2, -0.15) is 0 Å². The first kappa shape index (κ1) is 26.5. The topological polar surface area (TPSA) is 77.5 Å². The minimum atomic E-state index is -0.943. The Bertz CT molecular complexity index is 1560. The van der Waals surface area contributed by atoms with Gasteiger partial charge in [0.2, 0.25) is 0 Å². The van der Waals surface area contributed by atoms with Gasteiger partial charge in [-0.25, -0.2) is 4.79 Å². The van der Waals surface area contributed by atoms with E-state index in [2.05, 4.69) is 59.2 Å². The van der Waals surface area contributed by atoms with Crippen molar-refractivity contribution >= 4 is 28.5 Å². The van der Waals surface area contributed by atoms with Crippen LogP contribution in [0.1, 0.15) is 44.3 Å². The number of carbonyl (C=O) groups is 1. The molecule has 5 nitrogen and oxygen atoms in total. The molecule has 0 saturated heterocycles. The van der Waals surface area contributed by atoms with Crippen LogP contribution >= 0.6 is 11.6 Å². The van der Waals surface area contributed by atoms with Crippen LogP contribution in [0.25, 0.3) is 10.9 Å². The largest absolute Gasteiger partial charge is 0.493 e. The van der Waals surface area contributed by atoms with Crippen molar-refractivity contribution in [3.8, 4) is 5.75 Å². The van der Waals surface area contributed by atoms with Crippen LogP contribution in [-0.4, -0.2) is 28.8 Å². The molecule has 0 unspecified atom stereocenters. The fraction of sp³-hybridized carbons (Fsp3) is 0.182. The summed E-state index contributed by atoms with van der Waals surface area (Å²) >= 11 is 6.52. The maximum absolute atomic E-state index is 11.4. The van der Waals surface area contributed by atoms with Gasteiger partial charge in [0, 0.05) is 34.5 Å². The second kappa shape index (κ2) is 11.8. The van der Waals surface area contributed by atoms with Gasteiger partial charge >= 0.3 is 5.97 Å². The van der Waals surface area contributed by atoms with Gasteiger partial charge < -0.3 is 20.1 Å². The summed E-state index contributed by atoms with van der Waals surface area (Å²) in [7, 11) is 0. The summed E-state index contributed by atoms with van der Waals surface area (Å²) < 4.78 is 8.52. The number of halogens is 1. The zero-order valence-corrected chi connectivity index (χ0v) is 22.6. The van der Waals surface area contributed by atoms with Gasteiger partial charge in [-0.05, 0) is 72.1 Å². The maximum atomic E-state index is 11.4. The third kappa shape index (κ3) is 5.56. The first-order chi connectivity index (χ1) is 19.0. The van der Waals surface area contributed by atoms with Gasteiger partial charge in [0.05, 0.1) is 18.2 Å². The molecule has 5 rings (SSSR count). The van der Waals surface area contributed by atoms with Crippen molar-refractivity contribution in [1.82, 2.24) is 4.57 Å². The number of carboxylic acids is 1. The normalized spacial score (nSPS) is 11.3. The van der Waals surface area contributed by atoms with E-state index in [9.17, 15) is 9.90 Å². The molecule has 0 aliphatic heterocycles. The number of aromatic carboxylic acids is 1. The molecule has 4 aromatic carbocycles. The number of aryl methyl sites for hydroxylation is 1. The van der Waals surface area contributed by atoms with Crippen LogP contribution in [0.3, 0.4) is 0 Å². The van der Waals surface area contributed by atoms with Crippen molar-refractivity contribution in [2.45, 2.75) is 25.8 Å². The smallest absolute Gasteiger partial charge is 0.335 e. The molecule has 0 aliphatic rings. The van der Waals surface area contributed by atoms with Crippen LogP contribution in [0, 0.1) is 6.92 Å². The number of carboxylic acid groups (broad SMARTS) is 1. The van der Waals surface area contributed by atoms with Gasteiger partial charge in [0.25, 0.3) is 0 Å². The van der Waals surface area contributed by atoms with Gasteiger partial charge in [-0.3, -0.25) is 0 Å². The lowest BCUT2D eigenvalue weighted by Crippen LogP contribution is -2.18. The molecule has 5 aromatic rings. The van der Waals surface area contributed by atoms with Crippen molar-refractivity contribution in [3.05, 3.63) is 136 Å². The van der Waals surface area contributed by atoms with Gasteiger partial charge in [-0.15, -0.1) is 0 Å². The maximum Gasteiger partial charge on any atom is 0.335 e. The summed E-state index contributed by atoms with van der Waals surface area (Å²) in [4.78, 5) is 11.4. The molecule has 0 bridgehead atoms. The molecule has 39 heavy (non-hydrogen) atoms. The number of aromatic nitrogens is 1. The first-order valence-electron chi connectivity index (χ1n) is 13.1. The van der Waals surface area contributed by atoms with E-state index in [4.69, 9.17) is 22.1 Å². The minimum absolute atomic E-state index is 0.0430. The fourth-order valence-corrected chi connectivity index (χ4v) is 5.56. The standard InChI is InChI=1S/C33H31ClN2O3/c1-22-20-26(13-14-27(22)33(37)38)39-19-17-28-29-21-25(34)12-15-30(29)36(31(28)16-18-35)32(23-8-4-2-5-9-23)24-10-6-3-7-11-24/h2-15,20-21,32H,16-19,35H2,1H3,(H,37,38). The molecule has 0 radical (unpaired) electrons. The lowest BCUT2D eigenvalue weighted by Gasteiger charge is -2.25. The number of nitrogens with two attached hydrogens (primary N) is 1. The zero-order chi connectivity index (χ0) is 27.4. The molecule has 0 atom stereocenters. The van der Waals surface area contributed by atoms with E-state index in [-0.39, 0.29) is 11.6 Å². The number of hydrogen-bond donors (Lipinski definition) is 2. The van der Waals surface area contributed by atoms with Crippen molar-refractivity contribution in [3.63, 3.8) is 0 Å². The van der Waals surface area contributed by atoms with Crippen LogP contribution in [0.2, 0.25) is 5.02 Å². The average Bonchev–Trinajstić information content (AvgIpc) is 3.22. The second-order valence-corrected chi connectivity index (χ2v) is 10.0. The summed E-state index contributed by atoms with van der Waals surface area (Å²) in [6, 6.07) is 32.1. The number of nitrogens with zero attached hydrogens (tertiary/aromatic N) is 1. The van der Waals surface area contributed by atoms with Crippen LogP contribution < -0.4 is 10.5 Å². The molecule has 0 spiro atoms. The minimum Gasteiger partial charge on any atom is -0.493 e. The Balaban J connectivity index is 1.59. The van der Waals surface area contributed by atoms with Gasteiger partial charge in [0.1, 0.15) is 5.75 Å². The van der Waals surface area contributed by atoms with E-state index in [1.165, 1.54) is 11.1 Å². The third-order valence-electron chi connectivity index (χ3n) is 7.10. The molecule has 3 N–H and O–H groups in total. The monoisotopic (exact) mass is 538 g/mol. The fourth-order valence-electron chi connectivity index (χ4n) is 5.39. The molecular weight excluding hydrogens is 508 g/mol. The summed E-state index contributed by atoms with van der Waals surface area (Å²) in [6.07, 6.45) is 1.35. The molecule has 0 aliphatic carbocycles. The predicted molar refractivity (Wildman–Crippen MR) is 157 cm³/mol. The molecule has 0 fully saturated rings. The Hall–Kier alpha value is -4.06. The Morgan fingerprint density at radius 3 is 2.18 bits per heavy atom. The second-order valence-electron chi connectivity index (χ2n) is 9.60. The van der Waals surface area contributed by atoms with Crippen molar-refractivity contribution in [2.24, 2.45) is 5.73 Å². The van der Waals surface area contributed by atoms with E-state index in [1.54, 1.807) is 25.1 Å². The number of rotatable bonds is 10.